The molecule has 1 aliphatic heterocycles. The lowest BCUT2D eigenvalue weighted by molar-refractivity contribution is -0.125. The fourth-order valence-corrected chi connectivity index (χ4v) is 10.1. The lowest BCUT2D eigenvalue weighted by Gasteiger charge is -2.57. The van der Waals surface area contributed by atoms with E-state index in [4.69, 9.17) is 9.57 Å². The number of fused-ring (bicyclic) bond motifs is 5. The number of nitrogens with one attached hydrogen (secondary N) is 1. The molecule has 2 N–H and O–H groups in total. The molecular formula is C37H54N2O4. The van der Waals surface area contributed by atoms with Crippen molar-refractivity contribution in [3.8, 4) is 0 Å². The van der Waals surface area contributed by atoms with Crippen LogP contribution in [-0.4, -0.2) is 48.7 Å². The Labute approximate surface area is 259 Å². The number of oxime groups is 1. The summed E-state index contributed by atoms with van der Waals surface area (Å²) in [7, 11) is 0. The number of aliphatic hydroxyl groups excluding tert-OH is 1. The van der Waals surface area contributed by atoms with Crippen LogP contribution in [0.1, 0.15) is 104 Å². The van der Waals surface area contributed by atoms with E-state index in [-0.39, 0.29) is 41.0 Å². The highest BCUT2D eigenvalue weighted by molar-refractivity contribution is 5.96. The summed E-state index contributed by atoms with van der Waals surface area (Å²) in [5, 5.41) is 18.3. The monoisotopic (exact) mass is 590 g/mol. The van der Waals surface area contributed by atoms with Crippen molar-refractivity contribution in [2.75, 3.05) is 19.8 Å². The summed E-state index contributed by atoms with van der Waals surface area (Å²) < 4.78 is 6.11. The molecule has 4 aliphatic carbocycles. The van der Waals surface area contributed by atoms with Gasteiger partial charge < -0.3 is 20.0 Å². The van der Waals surface area contributed by atoms with Crippen LogP contribution < -0.4 is 5.32 Å². The van der Waals surface area contributed by atoms with Crippen molar-refractivity contribution in [2.45, 2.75) is 116 Å². The Kier molecular flexibility index (Phi) is 8.83. The van der Waals surface area contributed by atoms with Crippen molar-refractivity contribution < 1.29 is 19.5 Å². The van der Waals surface area contributed by atoms with E-state index < -0.39 is 0 Å². The lowest BCUT2D eigenvalue weighted by Crippen LogP contribution is -2.51. The van der Waals surface area contributed by atoms with E-state index in [0.29, 0.717) is 24.3 Å². The summed E-state index contributed by atoms with van der Waals surface area (Å²) in [4.78, 5) is 18.4. The van der Waals surface area contributed by atoms with Crippen LogP contribution in [0.4, 0.5) is 0 Å². The van der Waals surface area contributed by atoms with Gasteiger partial charge >= 0.3 is 0 Å². The quantitative estimate of drug-likeness (QED) is 0.321. The van der Waals surface area contributed by atoms with Gasteiger partial charge in [-0.25, -0.2) is 0 Å². The largest absolute Gasteiger partial charge is 0.393 e. The zero-order chi connectivity index (χ0) is 30.2. The molecule has 0 bridgehead atoms. The number of benzene rings is 1. The first-order valence-electron chi connectivity index (χ1n) is 17.2. The molecule has 1 heterocycles. The van der Waals surface area contributed by atoms with E-state index in [1.165, 1.54) is 30.4 Å². The molecule has 8 atom stereocenters. The topological polar surface area (TPSA) is 80.2 Å². The average molecular weight is 591 g/mol. The number of hydrogen-bond acceptors (Lipinski definition) is 5. The predicted octanol–water partition coefficient (Wildman–Crippen LogP) is 6.96. The molecule has 6 nitrogen and oxygen atoms in total. The summed E-state index contributed by atoms with van der Waals surface area (Å²) in [6, 6.07) is 10.7. The Morgan fingerprint density at radius 3 is 2.67 bits per heavy atom. The molecule has 1 amide bonds. The van der Waals surface area contributed by atoms with Crippen molar-refractivity contribution in [2.24, 2.45) is 39.7 Å². The van der Waals surface area contributed by atoms with Crippen LogP contribution in [-0.2, 0) is 19.8 Å². The molecule has 1 aromatic carbocycles. The van der Waals surface area contributed by atoms with Crippen molar-refractivity contribution >= 4 is 11.6 Å². The van der Waals surface area contributed by atoms with Crippen LogP contribution in [0.5, 0.6) is 0 Å². The van der Waals surface area contributed by atoms with Crippen LogP contribution in [0.15, 0.2) is 47.1 Å². The summed E-state index contributed by atoms with van der Waals surface area (Å²) in [5.74, 6) is 2.46. The highest BCUT2D eigenvalue weighted by Gasteiger charge is 2.58. The summed E-state index contributed by atoms with van der Waals surface area (Å²) in [6.07, 6.45) is 14.1. The molecule has 1 aromatic rings. The number of hydrogen-bond donors (Lipinski definition) is 2. The van der Waals surface area contributed by atoms with Crippen molar-refractivity contribution in [3.05, 3.63) is 47.5 Å². The van der Waals surface area contributed by atoms with Gasteiger partial charge in [-0.1, -0.05) is 68.8 Å². The standard InChI is InChI=1S/C37H54N2O4/c1-25(2)32-23-37(19-21-42-32,26-8-6-5-7-9-26)18-20-38-34(41)24-43-39-28-14-16-35(3)27(22-28)10-11-29-30-12-13-33(40)36(30,4)17-15-31(29)35/h5-9,22,25,29-33,40H,10-21,23-24H2,1-4H3,(H,38,41)/b39-28-/t29-,30-,31-,32-,33-,35-,36-,37-/m0/s1. The number of carbonyl (C=O) groups is 1. The highest BCUT2D eigenvalue weighted by atomic mass is 16.6. The molecule has 0 spiro atoms. The van der Waals surface area contributed by atoms with Gasteiger partial charge in [0, 0.05) is 18.6 Å². The van der Waals surface area contributed by atoms with Crippen LogP contribution in [0.2, 0.25) is 0 Å². The Balaban J connectivity index is 1.02. The third-order valence-electron chi connectivity index (χ3n) is 12.9. The summed E-state index contributed by atoms with van der Waals surface area (Å²) in [5.41, 5.74) is 4.20. The fourth-order valence-electron chi connectivity index (χ4n) is 10.1. The van der Waals surface area contributed by atoms with Crippen molar-refractivity contribution in [3.63, 3.8) is 0 Å². The third kappa shape index (κ3) is 5.83. The molecular weight excluding hydrogens is 536 g/mol. The maximum atomic E-state index is 12.8. The minimum Gasteiger partial charge on any atom is -0.393 e. The van der Waals surface area contributed by atoms with E-state index >= 15 is 0 Å². The number of rotatable bonds is 8. The molecule has 236 valence electrons. The normalized spacial score (nSPS) is 39.9. The Hall–Kier alpha value is -2.18. The molecule has 0 radical (unpaired) electrons. The number of aliphatic hydroxyl groups is 1. The van der Waals surface area contributed by atoms with E-state index in [2.05, 4.69) is 74.6 Å². The summed E-state index contributed by atoms with van der Waals surface area (Å²) in [6.45, 7) is 10.6. The Morgan fingerprint density at radius 2 is 1.88 bits per heavy atom. The van der Waals surface area contributed by atoms with Gasteiger partial charge in [0.05, 0.1) is 17.9 Å². The van der Waals surface area contributed by atoms with Gasteiger partial charge in [-0.2, -0.15) is 0 Å². The number of ether oxygens (including phenoxy) is 1. The number of nitrogens with zero attached hydrogens (tertiary/aromatic N) is 1. The second-order valence-electron chi connectivity index (χ2n) is 15.3. The second-order valence-corrected chi connectivity index (χ2v) is 15.3. The molecule has 4 fully saturated rings. The Bertz CT molecular complexity index is 1210. The zero-order valence-electron chi connectivity index (χ0n) is 26.9. The lowest BCUT2D eigenvalue weighted by atomic mass is 9.47. The number of amides is 1. The molecule has 6 heteroatoms. The SMILES string of the molecule is CC(C)[C@@H]1C[C@@](CCNC(=O)CO/N=C2\C=C3CC[C@H]4[C@@H]5CC[C@H](O)[C@@]5(C)CC[C@@H]4[C@@]3(C)CC2)(c2ccccc2)CCO1. The summed E-state index contributed by atoms with van der Waals surface area (Å²) >= 11 is 0. The maximum absolute atomic E-state index is 12.8. The van der Waals surface area contributed by atoms with Crippen molar-refractivity contribution in [1.82, 2.24) is 5.32 Å². The maximum Gasteiger partial charge on any atom is 0.260 e. The Morgan fingerprint density at radius 1 is 1.07 bits per heavy atom. The molecule has 0 aromatic heterocycles. The predicted molar refractivity (Wildman–Crippen MR) is 171 cm³/mol. The molecule has 43 heavy (non-hydrogen) atoms. The van der Waals surface area contributed by atoms with Gasteiger partial charge in [-0.05, 0) is 117 Å². The second kappa shape index (κ2) is 12.3. The molecule has 3 saturated carbocycles. The van der Waals surface area contributed by atoms with Gasteiger partial charge in [-0.15, -0.1) is 0 Å². The van der Waals surface area contributed by atoms with Gasteiger partial charge in [0.1, 0.15) is 0 Å². The zero-order valence-corrected chi connectivity index (χ0v) is 26.9. The average Bonchev–Trinajstić information content (AvgIpc) is 3.31. The van der Waals surface area contributed by atoms with Crippen LogP contribution in [0, 0.1) is 34.5 Å². The number of carbonyl (C=O) groups excluding carboxylic acids is 1. The van der Waals surface area contributed by atoms with Crippen LogP contribution in [0.3, 0.4) is 0 Å². The fraction of sp³-hybridized carbons (Fsp3) is 0.730. The molecule has 6 rings (SSSR count). The van der Waals surface area contributed by atoms with Gasteiger partial charge in [0.15, 0.2) is 6.61 Å². The molecule has 1 saturated heterocycles. The van der Waals surface area contributed by atoms with E-state index in [9.17, 15) is 9.90 Å². The van der Waals surface area contributed by atoms with Gasteiger partial charge in [-0.3, -0.25) is 4.79 Å². The van der Waals surface area contributed by atoms with Gasteiger partial charge in [0.2, 0.25) is 0 Å². The van der Waals surface area contributed by atoms with E-state index in [1.54, 1.807) is 0 Å². The van der Waals surface area contributed by atoms with Crippen LogP contribution >= 0.6 is 0 Å². The van der Waals surface area contributed by atoms with Crippen LogP contribution in [0.25, 0.3) is 0 Å². The van der Waals surface area contributed by atoms with Gasteiger partial charge in [0.25, 0.3) is 5.91 Å². The highest BCUT2D eigenvalue weighted by Crippen LogP contribution is 2.65. The van der Waals surface area contributed by atoms with E-state index in [1.807, 2.05) is 0 Å². The van der Waals surface area contributed by atoms with Crippen molar-refractivity contribution in [1.29, 1.82) is 0 Å². The first kappa shape index (κ1) is 30.8. The van der Waals surface area contributed by atoms with E-state index in [0.717, 1.165) is 69.6 Å². The minimum atomic E-state index is -0.119. The first-order chi connectivity index (χ1) is 20.6. The molecule has 5 aliphatic rings. The minimum absolute atomic E-state index is 0.0112. The first-order valence-corrected chi connectivity index (χ1v) is 17.2. The molecule has 0 unspecified atom stereocenters. The smallest absolute Gasteiger partial charge is 0.260 e. The number of allylic oxidation sites excluding steroid dienone is 2. The third-order valence-corrected chi connectivity index (χ3v) is 12.9.